The summed E-state index contributed by atoms with van der Waals surface area (Å²) in [7, 11) is 0. The van der Waals surface area contributed by atoms with Crippen molar-refractivity contribution in [1.29, 1.82) is 0 Å². The lowest BCUT2D eigenvalue weighted by atomic mass is 9.87. The van der Waals surface area contributed by atoms with Gasteiger partial charge in [0.15, 0.2) is 0 Å². The van der Waals surface area contributed by atoms with E-state index >= 15 is 0 Å². The van der Waals surface area contributed by atoms with Gasteiger partial charge in [-0.05, 0) is 77.6 Å². The van der Waals surface area contributed by atoms with Crippen LogP contribution in [0, 0.1) is 0 Å². The Morgan fingerprint density at radius 1 is 0.872 bits per heavy atom. The molecule has 0 aliphatic carbocycles. The first-order chi connectivity index (χ1) is 18.8. The van der Waals surface area contributed by atoms with E-state index in [0.717, 1.165) is 33.9 Å². The van der Waals surface area contributed by atoms with Gasteiger partial charge in [-0.25, -0.2) is 4.68 Å². The first-order valence-corrected chi connectivity index (χ1v) is 13.1. The molecule has 2 heterocycles. The smallest absolute Gasteiger partial charge is 0.251 e. The van der Waals surface area contributed by atoms with E-state index in [4.69, 9.17) is 5.10 Å². The van der Waals surface area contributed by atoms with E-state index in [2.05, 4.69) is 55.3 Å². The maximum Gasteiger partial charge on any atom is 0.251 e. The highest BCUT2D eigenvalue weighted by Crippen LogP contribution is 2.30. The van der Waals surface area contributed by atoms with Gasteiger partial charge in [-0.1, -0.05) is 63.2 Å². The minimum absolute atomic E-state index is 0.0606. The number of pyridine rings is 1. The fraction of sp³-hybridized carbons (Fsp3) is 0.182. The Morgan fingerprint density at radius 2 is 1.59 bits per heavy atom. The number of phenolic OH excluding ortho intramolecular Hbond substituents is 1. The van der Waals surface area contributed by atoms with E-state index in [1.54, 1.807) is 18.3 Å². The Balaban J connectivity index is 1.39. The third-order valence-corrected chi connectivity index (χ3v) is 6.69. The lowest BCUT2D eigenvalue weighted by molar-refractivity contribution is 0.0954. The van der Waals surface area contributed by atoms with Crippen molar-refractivity contribution < 1.29 is 9.90 Å². The van der Waals surface area contributed by atoms with Crippen LogP contribution in [-0.2, 0) is 11.8 Å². The van der Waals surface area contributed by atoms with Gasteiger partial charge in [-0.2, -0.15) is 5.10 Å². The highest BCUT2D eigenvalue weighted by Gasteiger charge is 2.17. The molecule has 0 aliphatic heterocycles. The second-order valence-electron chi connectivity index (χ2n) is 10.6. The standard InChI is InChI=1S/C33H32N4O2/c1-33(2,3)26-13-15-27(16-14-26)37-31(22-30(36-37)29-6-4-5-20-34-29)24-9-11-25(12-10-24)32(39)35-21-19-23-7-17-28(38)18-8-23/h4-18,20,22,38H,19,21H2,1-3H3,(H,35,39). The van der Waals surface area contributed by atoms with Crippen LogP contribution >= 0.6 is 0 Å². The average Bonchev–Trinajstić information content (AvgIpc) is 3.40. The Labute approximate surface area is 229 Å². The van der Waals surface area contributed by atoms with Crippen molar-refractivity contribution in [3.63, 3.8) is 0 Å². The summed E-state index contributed by atoms with van der Waals surface area (Å²) in [4.78, 5) is 17.2. The number of aromatic hydroxyl groups is 1. The number of benzene rings is 3. The summed E-state index contributed by atoms with van der Waals surface area (Å²) in [5, 5.41) is 17.3. The topological polar surface area (TPSA) is 80.0 Å². The van der Waals surface area contributed by atoms with Crippen molar-refractivity contribution >= 4 is 5.91 Å². The molecule has 1 amide bonds. The van der Waals surface area contributed by atoms with Gasteiger partial charge in [0, 0.05) is 23.9 Å². The second-order valence-corrected chi connectivity index (χ2v) is 10.6. The van der Waals surface area contributed by atoms with Crippen LogP contribution in [0.4, 0.5) is 0 Å². The number of nitrogens with one attached hydrogen (secondary N) is 1. The zero-order chi connectivity index (χ0) is 27.4. The van der Waals surface area contributed by atoms with Crippen LogP contribution in [0.5, 0.6) is 5.75 Å². The molecule has 2 N–H and O–H groups in total. The number of carbonyl (C=O) groups is 1. The van der Waals surface area contributed by atoms with Gasteiger partial charge < -0.3 is 10.4 Å². The van der Waals surface area contributed by atoms with Gasteiger partial charge in [-0.15, -0.1) is 0 Å². The molecular weight excluding hydrogens is 484 g/mol. The lowest BCUT2D eigenvalue weighted by Crippen LogP contribution is -2.25. The van der Waals surface area contributed by atoms with Crippen LogP contribution in [0.1, 0.15) is 42.3 Å². The first kappa shape index (κ1) is 25.9. The first-order valence-electron chi connectivity index (χ1n) is 13.1. The summed E-state index contributed by atoms with van der Waals surface area (Å²) in [6, 6.07) is 30.9. The quantitative estimate of drug-likeness (QED) is 0.256. The second kappa shape index (κ2) is 11.0. The summed E-state index contributed by atoms with van der Waals surface area (Å²) < 4.78 is 1.93. The van der Waals surface area contributed by atoms with Gasteiger partial charge in [-0.3, -0.25) is 9.78 Å². The number of phenols is 1. The molecule has 6 heteroatoms. The monoisotopic (exact) mass is 516 g/mol. The molecule has 6 nitrogen and oxygen atoms in total. The van der Waals surface area contributed by atoms with E-state index in [-0.39, 0.29) is 17.1 Å². The van der Waals surface area contributed by atoms with Gasteiger partial charge >= 0.3 is 0 Å². The number of aromatic nitrogens is 3. The third-order valence-electron chi connectivity index (χ3n) is 6.69. The molecule has 196 valence electrons. The maximum absolute atomic E-state index is 12.8. The predicted molar refractivity (Wildman–Crippen MR) is 155 cm³/mol. The van der Waals surface area contributed by atoms with Crippen LogP contribution in [0.2, 0.25) is 0 Å². The number of rotatable bonds is 7. The molecular formula is C33H32N4O2. The molecule has 0 fully saturated rings. The van der Waals surface area contributed by atoms with Crippen molar-refractivity contribution in [3.8, 4) is 34.1 Å². The van der Waals surface area contributed by atoms with Gasteiger partial charge in [0.25, 0.3) is 5.91 Å². The molecule has 0 bridgehead atoms. The number of hydrogen-bond acceptors (Lipinski definition) is 4. The molecule has 0 radical (unpaired) electrons. The number of amides is 1. The SMILES string of the molecule is CC(C)(C)c1ccc(-n2nc(-c3ccccn3)cc2-c2ccc(C(=O)NCCc3ccc(O)cc3)cc2)cc1. The van der Waals surface area contributed by atoms with Crippen molar-refractivity contribution in [2.24, 2.45) is 0 Å². The van der Waals surface area contributed by atoms with E-state index in [1.807, 2.05) is 65.3 Å². The average molecular weight is 517 g/mol. The molecule has 3 aromatic carbocycles. The van der Waals surface area contributed by atoms with Crippen molar-refractivity contribution in [2.75, 3.05) is 6.54 Å². The Bertz CT molecular complexity index is 1550. The molecule has 0 spiro atoms. The molecule has 0 atom stereocenters. The molecule has 39 heavy (non-hydrogen) atoms. The van der Waals surface area contributed by atoms with Crippen LogP contribution in [-0.4, -0.2) is 32.3 Å². The molecule has 2 aromatic heterocycles. The molecule has 5 aromatic rings. The van der Waals surface area contributed by atoms with Crippen LogP contribution < -0.4 is 5.32 Å². The number of nitrogens with zero attached hydrogens (tertiary/aromatic N) is 3. The fourth-order valence-corrected chi connectivity index (χ4v) is 4.40. The Kier molecular flexibility index (Phi) is 7.28. The molecule has 0 saturated heterocycles. The van der Waals surface area contributed by atoms with Gasteiger partial charge in [0.05, 0.1) is 17.1 Å². The molecule has 0 aliphatic rings. The summed E-state index contributed by atoms with van der Waals surface area (Å²) in [6.07, 6.45) is 2.45. The Morgan fingerprint density at radius 3 is 2.23 bits per heavy atom. The molecule has 0 saturated carbocycles. The summed E-state index contributed by atoms with van der Waals surface area (Å²) >= 11 is 0. The maximum atomic E-state index is 12.8. The van der Waals surface area contributed by atoms with E-state index < -0.39 is 0 Å². The lowest BCUT2D eigenvalue weighted by Gasteiger charge is -2.19. The number of hydrogen-bond donors (Lipinski definition) is 2. The van der Waals surface area contributed by atoms with Crippen molar-refractivity contribution in [1.82, 2.24) is 20.1 Å². The highest BCUT2D eigenvalue weighted by molar-refractivity contribution is 5.94. The largest absolute Gasteiger partial charge is 0.508 e. The van der Waals surface area contributed by atoms with E-state index in [9.17, 15) is 9.90 Å². The van der Waals surface area contributed by atoms with Crippen molar-refractivity contribution in [2.45, 2.75) is 32.6 Å². The minimum Gasteiger partial charge on any atom is -0.508 e. The predicted octanol–water partition coefficient (Wildman–Crippen LogP) is 6.58. The van der Waals surface area contributed by atoms with Gasteiger partial charge in [0.2, 0.25) is 0 Å². The third kappa shape index (κ3) is 6.07. The summed E-state index contributed by atoms with van der Waals surface area (Å²) in [6.45, 7) is 7.11. The van der Waals surface area contributed by atoms with Crippen LogP contribution in [0.25, 0.3) is 28.3 Å². The summed E-state index contributed by atoms with van der Waals surface area (Å²) in [5.41, 5.74) is 7.36. The van der Waals surface area contributed by atoms with E-state index in [0.29, 0.717) is 18.5 Å². The zero-order valence-electron chi connectivity index (χ0n) is 22.4. The summed E-state index contributed by atoms with van der Waals surface area (Å²) in [5.74, 6) is 0.110. The van der Waals surface area contributed by atoms with Crippen LogP contribution in [0.3, 0.4) is 0 Å². The Hall–Kier alpha value is -4.71. The fourth-order valence-electron chi connectivity index (χ4n) is 4.40. The van der Waals surface area contributed by atoms with Crippen molar-refractivity contribution in [3.05, 3.63) is 120 Å². The molecule has 0 unspecified atom stereocenters. The zero-order valence-corrected chi connectivity index (χ0v) is 22.4. The van der Waals surface area contributed by atoms with Crippen LogP contribution in [0.15, 0.2) is 103 Å². The highest BCUT2D eigenvalue weighted by atomic mass is 16.3. The van der Waals surface area contributed by atoms with E-state index in [1.165, 1.54) is 5.56 Å². The normalized spacial score (nSPS) is 11.4. The number of carbonyl (C=O) groups excluding carboxylic acids is 1. The van der Waals surface area contributed by atoms with Gasteiger partial charge in [0.1, 0.15) is 11.4 Å². The minimum atomic E-state index is -0.124. The molecule has 5 rings (SSSR count).